The second kappa shape index (κ2) is 4.69. The predicted octanol–water partition coefficient (Wildman–Crippen LogP) is 1.94. The number of carboxylic acid groups (broad SMARTS) is 1. The number of hydrogen-bond acceptors (Lipinski definition) is 4. The molecule has 1 heterocycles. The summed E-state index contributed by atoms with van der Waals surface area (Å²) in [7, 11) is 0. The lowest BCUT2D eigenvalue weighted by atomic mass is 10.1. The van der Waals surface area contributed by atoms with Gasteiger partial charge in [-0.1, -0.05) is 6.92 Å². The topological polar surface area (TPSA) is 75.1 Å². The van der Waals surface area contributed by atoms with E-state index in [1.165, 1.54) is 19.0 Å². The Kier molecular flexibility index (Phi) is 3.26. The Labute approximate surface area is 100 Å². The van der Waals surface area contributed by atoms with Crippen molar-refractivity contribution in [1.29, 1.82) is 0 Å². The van der Waals surface area contributed by atoms with Crippen LogP contribution in [0.2, 0.25) is 0 Å². The Hall–Kier alpha value is -1.65. The molecule has 92 valence electrons. The van der Waals surface area contributed by atoms with Gasteiger partial charge in [-0.3, -0.25) is 0 Å². The molecule has 2 N–H and O–H groups in total. The second-order valence-electron chi connectivity index (χ2n) is 4.69. The number of carbonyl (C=O) groups is 1. The normalized spacial score (nSPS) is 16.6. The van der Waals surface area contributed by atoms with Gasteiger partial charge in [-0.15, -0.1) is 0 Å². The van der Waals surface area contributed by atoms with E-state index in [0.29, 0.717) is 17.6 Å². The highest BCUT2D eigenvalue weighted by molar-refractivity contribution is 5.88. The summed E-state index contributed by atoms with van der Waals surface area (Å²) < 4.78 is 0. The van der Waals surface area contributed by atoms with Crippen LogP contribution >= 0.6 is 0 Å². The Balaban J connectivity index is 1.97. The molecule has 1 aromatic heterocycles. The van der Waals surface area contributed by atoms with Crippen LogP contribution in [0, 0.1) is 18.8 Å². The van der Waals surface area contributed by atoms with Crippen LogP contribution in [0.4, 0.5) is 5.95 Å². The van der Waals surface area contributed by atoms with Crippen LogP contribution in [-0.2, 0) is 0 Å². The number of aromatic nitrogens is 2. The van der Waals surface area contributed by atoms with Gasteiger partial charge in [0.25, 0.3) is 0 Å². The lowest BCUT2D eigenvalue weighted by Gasteiger charge is -2.11. The molecule has 1 unspecified atom stereocenters. The lowest BCUT2D eigenvalue weighted by Crippen LogP contribution is -2.15. The molecule has 1 aliphatic carbocycles. The molecule has 0 aromatic carbocycles. The zero-order valence-corrected chi connectivity index (χ0v) is 10.1. The van der Waals surface area contributed by atoms with Gasteiger partial charge in [0.1, 0.15) is 0 Å². The van der Waals surface area contributed by atoms with Gasteiger partial charge in [-0.2, -0.15) is 0 Å². The Morgan fingerprint density at radius 3 is 2.88 bits per heavy atom. The van der Waals surface area contributed by atoms with Crippen molar-refractivity contribution in [2.45, 2.75) is 26.7 Å². The van der Waals surface area contributed by atoms with E-state index >= 15 is 0 Å². The van der Waals surface area contributed by atoms with Crippen LogP contribution in [0.25, 0.3) is 0 Å². The van der Waals surface area contributed by atoms with E-state index in [-0.39, 0.29) is 5.56 Å². The Bertz CT molecular complexity index is 430. The molecule has 1 aromatic rings. The lowest BCUT2D eigenvalue weighted by molar-refractivity contribution is 0.0695. The Morgan fingerprint density at radius 1 is 1.65 bits per heavy atom. The molecule has 0 aliphatic heterocycles. The number of rotatable bonds is 5. The molecule has 2 rings (SSSR count). The standard InChI is InChI=1S/C12H17N3O2/c1-7(9-3-4-9)5-13-12-14-6-10(11(16)17)8(2)15-12/h6-7,9H,3-5H2,1-2H3,(H,16,17)(H,13,14,15). The number of anilines is 1. The molecule has 1 aliphatic rings. The number of hydrogen-bond donors (Lipinski definition) is 2. The van der Waals surface area contributed by atoms with Crippen molar-refractivity contribution in [1.82, 2.24) is 9.97 Å². The summed E-state index contributed by atoms with van der Waals surface area (Å²) in [6, 6.07) is 0. The van der Waals surface area contributed by atoms with Crippen LogP contribution in [-0.4, -0.2) is 27.6 Å². The molecule has 1 saturated carbocycles. The van der Waals surface area contributed by atoms with Crippen molar-refractivity contribution in [3.05, 3.63) is 17.5 Å². The number of carboxylic acids is 1. The smallest absolute Gasteiger partial charge is 0.339 e. The highest BCUT2D eigenvalue weighted by Crippen LogP contribution is 2.36. The zero-order valence-electron chi connectivity index (χ0n) is 10.1. The van der Waals surface area contributed by atoms with Gasteiger partial charge in [-0.25, -0.2) is 14.8 Å². The molecule has 0 bridgehead atoms. The van der Waals surface area contributed by atoms with Crippen molar-refractivity contribution in [2.24, 2.45) is 11.8 Å². The molecular formula is C12H17N3O2. The summed E-state index contributed by atoms with van der Waals surface area (Å²) in [6.45, 7) is 4.74. The summed E-state index contributed by atoms with van der Waals surface area (Å²) in [5, 5.41) is 12.0. The van der Waals surface area contributed by atoms with Crippen LogP contribution in [0.1, 0.15) is 35.8 Å². The number of nitrogens with one attached hydrogen (secondary N) is 1. The van der Waals surface area contributed by atoms with Gasteiger partial charge < -0.3 is 10.4 Å². The van der Waals surface area contributed by atoms with Gasteiger partial charge in [-0.05, 0) is 31.6 Å². The van der Waals surface area contributed by atoms with Crippen LogP contribution in [0.5, 0.6) is 0 Å². The number of aromatic carboxylic acids is 1. The molecule has 1 fully saturated rings. The third-order valence-electron chi connectivity index (χ3n) is 3.22. The maximum absolute atomic E-state index is 10.8. The summed E-state index contributed by atoms with van der Waals surface area (Å²) in [6.07, 6.45) is 4.00. The fraction of sp³-hybridized carbons (Fsp3) is 0.583. The summed E-state index contributed by atoms with van der Waals surface area (Å²) in [4.78, 5) is 18.9. The molecule has 5 nitrogen and oxygen atoms in total. The van der Waals surface area contributed by atoms with Crippen molar-refractivity contribution in [3.8, 4) is 0 Å². The van der Waals surface area contributed by atoms with E-state index in [1.54, 1.807) is 6.92 Å². The van der Waals surface area contributed by atoms with Gasteiger partial charge in [0.15, 0.2) is 0 Å². The Morgan fingerprint density at radius 2 is 2.35 bits per heavy atom. The van der Waals surface area contributed by atoms with Crippen LogP contribution in [0.15, 0.2) is 6.20 Å². The van der Waals surface area contributed by atoms with E-state index in [1.807, 2.05) is 0 Å². The SMILES string of the molecule is Cc1nc(NCC(C)C2CC2)ncc1C(=O)O. The van der Waals surface area contributed by atoms with E-state index in [4.69, 9.17) is 5.11 Å². The number of aryl methyl sites for hydroxylation is 1. The molecule has 0 radical (unpaired) electrons. The van der Waals surface area contributed by atoms with Gasteiger partial charge in [0.05, 0.1) is 11.3 Å². The van der Waals surface area contributed by atoms with Crippen molar-refractivity contribution in [2.75, 3.05) is 11.9 Å². The van der Waals surface area contributed by atoms with Gasteiger partial charge >= 0.3 is 5.97 Å². The molecule has 5 heteroatoms. The van der Waals surface area contributed by atoms with Crippen LogP contribution in [0.3, 0.4) is 0 Å². The fourth-order valence-corrected chi connectivity index (χ4v) is 1.85. The first kappa shape index (κ1) is 11.8. The molecular weight excluding hydrogens is 218 g/mol. The average Bonchev–Trinajstić information content (AvgIpc) is 3.09. The van der Waals surface area contributed by atoms with Crippen LogP contribution < -0.4 is 5.32 Å². The highest BCUT2D eigenvalue weighted by atomic mass is 16.4. The molecule has 17 heavy (non-hydrogen) atoms. The van der Waals surface area contributed by atoms with E-state index in [9.17, 15) is 4.79 Å². The summed E-state index contributed by atoms with van der Waals surface area (Å²) in [5.41, 5.74) is 0.653. The van der Waals surface area contributed by atoms with E-state index in [0.717, 1.165) is 12.5 Å². The first-order valence-corrected chi connectivity index (χ1v) is 5.88. The molecule has 0 saturated heterocycles. The van der Waals surface area contributed by atoms with E-state index in [2.05, 4.69) is 22.2 Å². The maximum atomic E-state index is 10.8. The largest absolute Gasteiger partial charge is 0.478 e. The molecule has 0 amide bonds. The third-order valence-corrected chi connectivity index (χ3v) is 3.22. The number of nitrogens with zero attached hydrogens (tertiary/aromatic N) is 2. The predicted molar refractivity (Wildman–Crippen MR) is 64.1 cm³/mol. The average molecular weight is 235 g/mol. The monoisotopic (exact) mass is 235 g/mol. The minimum Gasteiger partial charge on any atom is -0.478 e. The fourth-order valence-electron chi connectivity index (χ4n) is 1.85. The van der Waals surface area contributed by atoms with Crippen molar-refractivity contribution < 1.29 is 9.90 Å². The molecule has 0 spiro atoms. The quantitative estimate of drug-likeness (QED) is 0.815. The third kappa shape index (κ3) is 2.93. The van der Waals surface area contributed by atoms with Gasteiger partial charge in [0, 0.05) is 12.7 Å². The minimum atomic E-state index is -0.986. The van der Waals surface area contributed by atoms with Gasteiger partial charge in [0.2, 0.25) is 5.95 Å². The van der Waals surface area contributed by atoms with Crippen molar-refractivity contribution >= 4 is 11.9 Å². The zero-order chi connectivity index (χ0) is 12.4. The summed E-state index contributed by atoms with van der Waals surface area (Å²) >= 11 is 0. The first-order chi connectivity index (χ1) is 8.08. The highest BCUT2D eigenvalue weighted by Gasteiger charge is 2.27. The van der Waals surface area contributed by atoms with E-state index < -0.39 is 5.97 Å². The summed E-state index contributed by atoms with van der Waals surface area (Å²) in [5.74, 6) is 0.986. The minimum absolute atomic E-state index is 0.158. The van der Waals surface area contributed by atoms with Crippen molar-refractivity contribution in [3.63, 3.8) is 0 Å². The molecule has 1 atom stereocenters. The maximum Gasteiger partial charge on any atom is 0.339 e. The first-order valence-electron chi connectivity index (χ1n) is 5.88. The second-order valence-corrected chi connectivity index (χ2v) is 4.69.